The molecule has 2 aliphatic rings. The van der Waals surface area contributed by atoms with Crippen LogP contribution in [0.3, 0.4) is 0 Å². The molecule has 0 amide bonds. The van der Waals surface area contributed by atoms with E-state index in [1.807, 2.05) is 0 Å². The molecule has 6 heteroatoms. The largest absolute Gasteiger partial charge is 0.469 e. The Labute approximate surface area is 143 Å². The van der Waals surface area contributed by atoms with Crippen LogP contribution in [0.2, 0.25) is 0 Å². The number of carbonyl (C=O) groups excluding carboxylic acids is 2. The predicted molar refractivity (Wildman–Crippen MR) is 88.1 cm³/mol. The summed E-state index contributed by atoms with van der Waals surface area (Å²) in [5.74, 6) is -1.96. The highest BCUT2D eigenvalue weighted by atomic mass is 16.6. The van der Waals surface area contributed by atoms with Crippen LogP contribution < -0.4 is 0 Å². The van der Waals surface area contributed by atoms with Crippen molar-refractivity contribution >= 4 is 11.6 Å². The molecule has 1 heterocycles. The molecule has 4 rings (SSSR count). The molecule has 25 heavy (non-hydrogen) atoms. The molecule has 3 atom stereocenters. The van der Waals surface area contributed by atoms with Crippen molar-refractivity contribution in [3.63, 3.8) is 0 Å². The molecule has 126 valence electrons. The van der Waals surface area contributed by atoms with Crippen LogP contribution >= 0.6 is 0 Å². The molecule has 1 aromatic heterocycles. The van der Waals surface area contributed by atoms with Gasteiger partial charge >= 0.3 is 0 Å². The Morgan fingerprint density at radius 3 is 2.28 bits per heavy atom. The molecule has 0 radical (unpaired) electrons. The number of hydrogen-bond acceptors (Lipinski definition) is 5. The fourth-order valence-electron chi connectivity index (χ4n) is 4.47. The average Bonchev–Trinajstić information content (AvgIpc) is 3.29. The summed E-state index contributed by atoms with van der Waals surface area (Å²) in [6, 6.07) is 8.66. The van der Waals surface area contributed by atoms with Crippen LogP contribution in [0.25, 0.3) is 0 Å². The van der Waals surface area contributed by atoms with Gasteiger partial charge in [0.1, 0.15) is 17.1 Å². The van der Waals surface area contributed by atoms with Gasteiger partial charge in [0.2, 0.25) is 6.04 Å². The summed E-state index contributed by atoms with van der Waals surface area (Å²) in [6.45, 7) is 3.69. The van der Waals surface area contributed by atoms with Crippen molar-refractivity contribution in [2.24, 2.45) is 11.3 Å². The molecule has 0 bridgehead atoms. The van der Waals surface area contributed by atoms with Gasteiger partial charge < -0.3 is 4.42 Å². The zero-order valence-electron chi connectivity index (χ0n) is 13.3. The van der Waals surface area contributed by atoms with Crippen LogP contribution in [-0.2, 0) is 0 Å². The first kappa shape index (κ1) is 15.5. The average molecular weight is 337 g/mol. The van der Waals surface area contributed by atoms with Crippen molar-refractivity contribution in [2.45, 2.75) is 18.4 Å². The zero-order chi connectivity index (χ0) is 17.8. The minimum Gasteiger partial charge on any atom is -0.469 e. The number of Topliss-reactive ketones (excluding diaryl/α,β-unsaturated/α-hetero) is 2. The smallest absolute Gasteiger partial charge is 0.230 e. The van der Waals surface area contributed by atoms with Crippen molar-refractivity contribution in [1.82, 2.24) is 0 Å². The van der Waals surface area contributed by atoms with Crippen molar-refractivity contribution < 1.29 is 18.9 Å². The van der Waals surface area contributed by atoms with Gasteiger partial charge in [0.15, 0.2) is 11.6 Å². The first-order valence-electron chi connectivity index (χ1n) is 8.00. The topological polar surface area (TPSA) is 90.4 Å². The number of fused-ring (bicyclic) bond motifs is 1. The third-order valence-electron chi connectivity index (χ3n) is 5.49. The van der Waals surface area contributed by atoms with Crippen LogP contribution in [0.15, 0.2) is 59.7 Å². The number of ketones is 2. The summed E-state index contributed by atoms with van der Waals surface area (Å²) in [5, 5.41) is 11.8. The summed E-state index contributed by atoms with van der Waals surface area (Å²) in [5.41, 5.74) is -0.843. The quantitative estimate of drug-likeness (QED) is 0.371. The second-order valence-corrected chi connectivity index (χ2v) is 6.55. The Hall–Kier alpha value is -3.02. The lowest BCUT2D eigenvalue weighted by Gasteiger charge is -2.26. The fourth-order valence-corrected chi connectivity index (χ4v) is 4.47. The maximum Gasteiger partial charge on any atom is 0.230 e. The number of nitro groups is 1. The summed E-state index contributed by atoms with van der Waals surface area (Å²) in [7, 11) is 0. The zero-order valence-corrected chi connectivity index (χ0v) is 13.3. The molecule has 0 saturated heterocycles. The number of carbonyl (C=O) groups is 2. The Balaban J connectivity index is 1.97. The molecule has 1 fully saturated rings. The second kappa shape index (κ2) is 5.24. The Bertz CT molecular complexity index is 863. The van der Waals surface area contributed by atoms with Crippen LogP contribution in [0, 0.1) is 21.4 Å². The third kappa shape index (κ3) is 1.85. The van der Waals surface area contributed by atoms with E-state index in [0.29, 0.717) is 16.9 Å². The maximum atomic E-state index is 13.2. The standard InChI is InChI=1S/C19H15NO5/c1-2-11-10-19(15(16(11)20(23)24)14-8-5-9-25-14)17(21)12-6-3-4-7-13(12)18(19)22/h2-9,11,15-16H,1,10H2/t11-,15+,16-/m1/s1. The number of furan rings is 1. The number of hydrogen-bond donors (Lipinski definition) is 0. The number of nitrogens with zero attached hydrogens (tertiary/aromatic N) is 1. The van der Waals surface area contributed by atoms with Crippen LogP contribution in [0.1, 0.15) is 38.8 Å². The van der Waals surface area contributed by atoms with Gasteiger partial charge in [-0.2, -0.15) is 0 Å². The van der Waals surface area contributed by atoms with E-state index in [4.69, 9.17) is 4.42 Å². The molecular weight excluding hydrogens is 322 g/mol. The normalized spacial score (nSPS) is 26.8. The van der Waals surface area contributed by atoms with Gasteiger partial charge in [-0.05, 0) is 18.6 Å². The molecule has 2 aromatic rings. The van der Waals surface area contributed by atoms with Gasteiger partial charge in [0.05, 0.1) is 6.26 Å². The van der Waals surface area contributed by atoms with Crippen molar-refractivity contribution in [2.75, 3.05) is 0 Å². The van der Waals surface area contributed by atoms with E-state index in [1.165, 1.54) is 12.3 Å². The summed E-state index contributed by atoms with van der Waals surface area (Å²) < 4.78 is 5.43. The lowest BCUT2D eigenvalue weighted by molar-refractivity contribution is -0.530. The summed E-state index contributed by atoms with van der Waals surface area (Å²) >= 11 is 0. The van der Waals surface area contributed by atoms with E-state index < -0.39 is 28.2 Å². The molecule has 1 saturated carbocycles. The van der Waals surface area contributed by atoms with Crippen LogP contribution in [0.5, 0.6) is 0 Å². The number of benzene rings is 1. The molecule has 2 aliphatic carbocycles. The van der Waals surface area contributed by atoms with Crippen molar-refractivity contribution in [3.05, 3.63) is 82.3 Å². The lowest BCUT2D eigenvalue weighted by Crippen LogP contribution is -2.40. The maximum absolute atomic E-state index is 13.2. The Morgan fingerprint density at radius 1 is 1.16 bits per heavy atom. The lowest BCUT2D eigenvalue weighted by atomic mass is 9.71. The van der Waals surface area contributed by atoms with E-state index in [9.17, 15) is 19.7 Å². The SMILES string of the molecule is C=C[C@@H]1CC2(C(=O)c3ccccc3C2=O)[C@@H](c2ccco2)[C@@H]1[N+](=O)[O-]. The molecule has 0 aliphatic heterocycles. The highest BCUT2D eigenvalue weighted by Crippen LogP contribution is 2.59. The van der Waals surface area contributed by atoms with Gasteiger partial charge in [-0.3, -0.25) is 19.7 Å². The predicted octanol–water partition coefficient (Wildman–Crippen LogP) is 3.28. The van der Waals surface area contributed by atoms with Gasteiger partial charge in [-0.15, -0.1) is 6.58 Å². The Morgan fingerprint density at radius 2 is 1.80 bits per heavy atom. The van der Waals surface area contributed by atoms with Crippen LogP contribution in [-0.4, -0.2) is 22.5 Å². The molecule has 6 nitrogen and oxygen atoms in total. The second-order valence-electron chi connectivity index (χ2n) is 6.55. The third-order valence-corrected chi connectivity index (χ3v) is 5.49. The van der Waals surface area contributed by atoms with Gasteiger partial charge in [-0.25, -0.2) is 0 Å². The minimum absolute atomic E-state index is 0.0693. The highest BCUT2D eigenvalue weighted by molar-refractivity contribution is 6.30. The molecule has 1 spiro atoms. The van der Waals surface area contributed by atoms with Gasteiger partial charge in [-0.1, -0.05) is 30.3 Å². The Kier molecular flexibility index (Phi) is 3.25. The van der Waals surface area contributed by atoms with E-state index in [0.717, 1.165) is 0 Å². The summed E-state index contributed by atoms with van der Waals surface area (Å²) in [6.07, 6.45) is 2.94. The highest BCUT2D eigenvalue weighted by Gasteiger charge is 2.69. The van der Waals surface area contributed by atoms with Crippen molar-refractivity contribution in [3.8, 4) is 0 Å². The monoisotopic (exact) mass is 337 g/mol. The molecule has 1 aromatic carbocycles. The first-order chi connectivity index (χ1) is 12.0. The van der Waals surface area contributed by atoms with E-state index in [-0.39, 0.29) is 18.0 Å². The van der Waals surface area contributed by atoms with Crippen molar-refractivity contribution in [1.29, 1.82) is 0 Å². The summed E-state index contributed by atoms with van der Waals surface area (Å²) in [4.78, 5) is 37.9. The first-order valence-corrected chi connectivity index (χ1v) is 8.00. The molecular formula is C19H15NO5. The van der Waals surface area contributed by atoms with Gasteiger partial charge in [0, 0.05) is 22.0 Å². The van der Waals surface area contributed by atoms with Crippen LogP contribution in [0.4, 0.5) is 0 Å². The van der Waals surface area contributed by atoms with E-state index in [1.54, 1.807) is 36.4 Å². The minimum atomic E-state index is -1.50. The molecule has 0 N–H and O–H groups in total. The van der Waals surface area contributed by atoms with E-state index >= 15 is 0 Å². The fraction of sp³-hybridized carbons (Fsp3) is 0.263. The van der Waals surface area contributed by atoms with Gasteiger partial charge in [0.25, 0.3) is 0 Å². The van der Waals surface area contributed by atoms with E-state index in [2.05, 4.69) is 6.58 Å². The molecule has 0 unspecified atom stereocenters. The number of rotatable bonds is 3.